The summed E-state index contributed by atoms with van der Waals surface area (Å²) in [7, 11) is 0. The molecule has 0 aliphatic heterocycles. The molecule has 0 aliphatic carbocycles. The number of halogens is 2. The molecule has 5 rings (SSSR count). The van der Waals surface area contributed by atoms with E-state index in [4.69, 9.17) is 28.5 Å². The highest BCUT2D eigenvalue weighted by Gasteiger charge is 2.22. The van der Waals surface area contributed by atoms with E-state index in [1.165, 1.54) is 5.56 Å². The van der Waals surface area contributed by atoms with Gasteiger partial charge in [-0.15, -0.1) is 16.9 Å². The maximum absolute atomic E-state index is 9.06. The zero-order valence-electron chi connectivity index (χ0n) is 18.2. The third-order valence-electron chi connectivity index (χ3n) is 5.29. The minimum atomic E-state index is 0.419. The number of tetrazole rings is 1. The predicted molar refractivity (Wildman–Crippen MR) is 137 cm³/mol. The molecule has 172 valence electrons. The average Bonchev–Trinajstić information content (AvgIpc) is 3.52. The second kappa shape index (κ2) is 10.3. The van der Waals surface area contributed by atoms with Crippen molar-refractivity contribution in [1.82, 2.24) is 30.0 Å². The third kappa shape index (κ3) is 4.93. The Kier molecular flexibility index (Phi) is 6.82. The summed E-state index contributed by atoms with van der Waals surface area (Å²) in [6.45, 7) is 0.444. The molecule has 7 nitrogen and oxygen atoms in total. The van der Waals surface area contributed by atoms with Gasteiger partial charge in [0.2, 0.25) is 0 Å². The van der Waals surface area contributed by atoms with Gasteiger partial charge in [-0.3, -0.25) is 0 Å². The molecule has 2 heterocycles. The number of benzene rings is 3. The van der Waals surface area contributed by atoms with Crippen LogP contribution in [0.2, 0.25) is 10.0 Å². The van der Waals surface area contributed by atoms with Crippen LogP contribution in [0.25, 0.3) is 17.1 Å². The molecule has 0 spiro atoms. The molecule has 2 aromatic heterocycles. The topological polar surface area (TPSA) is 85.2 Å². The molecule has 0 N–H and O–H groups in total. The van der Waals surface area contributed by atoms with Crippen molar-refractivity contribution in [3.05, 3.63) is 106 Å². The van der Waals surface area contributed by atoms with Crippen LogP contribution in [0.5, 0.6) is 0 Å². The van der Waals surface area contributed by atoms with Crippen molar-refractivity contribution in [1.29, 1.82) is 5.26 Å². The summed E-state index contributed by atoms with van der Waals surface area (Å²) >= 11 is 14.5. The molecule has 0 atom stereocenters. The molecular formula is C25H17Cl2N7S. The fourth-order valence-electron chi connectivity index (χ4n) is 3.54. The van der Waals surface area contributed by atoms with E-state index in [-0.39, 0.29) is 0 Å². The fourth-order valence-corrected chi connectivity index (χ4v) is 4.98. The molecule has 0 saturated carbocycles. The molecule has 35 heavy (non-hydrogen) atoms. The predicted octanol–water partition coefficient (Wildman–Crippen LogP) is 6.04. The molecule has 0 unspecified atom stereocenters. The van der Waals surface area contributed by atoms with Crippen molar-refractivity contribution in [3.63, 3.8) is 0 Å². The van der Waals surface area contributed by atoms with E-state index in [0.717, 1.165) is 21.9 Å². The molecule has 5 aromatic rings. The van der Waals surface area contributed by atoms with Crippen LogP contribution in [-0.4, -0.2) is 30.0 Å². The first kappa shape index (κ1) is 23.1. The van der Waals surface area contributed by atoms with Crippen molar-refractivity contribution in [2.75, 3.05) is 0 Å². The SMILES string of the molecule is N#Cc1ccc(Cn2nnnc2-c2cnn(-c3cccc(Cl)c3Cl)c2SCc2ccccc2)cc1. The Balaban J connectivity index is 1.55. The van der Waals surface area contributed by atoms with Crippen LogP contribution in [0.3, 0.4) is 0 Å². The normalized spacial score (nSPS) is 10.9. The molecule has 3 aromatic carbocycles. The van der Waals surface area contributed by atoms with Crippen molar-refractivity contribution in [2.24, 2.45) is 0 Å². The van der Waals surface area contributed by atoms with Crippen molar-refractivity contribution in [3.8, 4) is 23.1 Å². The van der Waals surface area contributed by atoms with E-state index >= 15 is 0 Å². The third-order valence-corrected chi connectivity index (χ3v) is 7.24. The summed E-state index contributed by atoms with van der Waals surface area (Å²) in [6, 6.07) is 25.1. The largest absolute Gasteiger partial charge is 0.225 e. The van der Waals surface area contributed by atoms with Gasteiger partial charge in [-0.2, -0.15) is 10.4 Å². The van der Waals surface area contributed by atoms with Gasteiger partial charge < -0.3 is 0 Å². The van der Waals surface area contributed by atoms with Gasteiger partial charge in [-0.05, 0) is 45.8 Å². The number of hydrogen-bond acceptors (Lipinski definition) is 6. The van der Waals surface area contributed by atoms with Gasteiger partial charge in [0.1, 0.15) is 5.03 Å². The zero-order chi connectivity index (χ0) is 24.2. The summed E-state index contributed by atoms with van der Waals surface area (Å²) < 4.78 is 3.49. The van der Waals surface area contributed by atoms with Crippen molar-refractivity contribution in [2.45, 2.75) is 17.3 Å². The van der Waals surface area contributed by atoms with E-state index in [1.807, 2.05) is 42.5 Å². The molecule has 0 amide bonds. The van der Waals surface area contributed by atoms with Gasteiger partial charge in [0, 0.05) is 5.75 Å². The molecule has 10 heteroatoms. The van der Waals surface area contributed by atoms with E-state index in [9.17, 15) is 0 Å². The number of hydrogen-bond donors (Lipinski definition) is 0. The lowest BCUT2D eigenvalue weighted by Gasteiger charge is -2.12. The molecule has 0 bridgehead atoms. The van der Waals surface area contributed by atoms with Crippen LogP contribution in [0.15, 0.2) is 84.0 Å². The minimum Gasteiger partial charge on any atom is -0.225 e. The molecule has 0 radical (unpaired) electrons. The summed E-state index contributed by atoms with van der Waals surface area (Å²) in [5.41, 5.74) is 4.20. The van der Waals surface area contributed by atoms with Gasteiger partial charge in [-0.25, -0.2) is 9.36 Å². The highest BCUT2D eigenvalue weighted by atomic mass is 35.5. The molecule has 0 fully saturated rings. The Morgan fingerprint density at radius 2 is 1.71 bits per heavy atom. The summed E-state index contributed by atoms with van der Waals surface area (Å²) in [4.78, 5) is 0. The van der Waals surface area contributed by atoms with Gasteiger partial charge in [0.05, 0.1) is 45.7 Å². The average molecular weight is 518 g/mol. The van der Waals surface area contributed by atoms with E-state index in [2.05, 4.69) is 38.8 Å². The second-order valence-corrected chi connectivity index (χ2v) is 9.34. The van der Waals surface area contributed by atoms with Crippen LogP contribution in [-0.2, 0) is 12.3 Å². The fraction of sp³-hybridized carbons (Fsp3) is 0.0800. The van der Waals surface area contributed by atoms with Crippen LogP contribution in [0.4, 0.5) is 0 Å². The van der Waals surface area contributed by atoms with Gasteiger partial charge in [0.25, 0.3) is 0 Å². The summed E-state index contributed by atoms with van der Waals surface area (Å²) in [6.07, 6.45) is 1.74. The molecule has 0 aliphatic rings. The monoisotopic (exact) mass is 517 g/mol. The maximum atomic E-state index is 9.06. The Bertz CT molecular complexity index is 1510. The standard InChI is InChI=1S/C25H17Cl2N7S/c26-21-7-4-8-22(23(21)27)34-25(35-16-19-5-2-1-3-6-19)20(14-29-34)24-30-31-32-33(24)15-18-11-9-17(13-28)10-12-18/h1-12,14H,15-16H2. The number of nitrogens with zero attached hydrogens (tertiary/aromatic N) is 7. The first-order chi connectivity index (χ1) is 17.1. The number of rotatable bonds is 7. The van der Waals surface area contributed by atoms with Crippen molar-refractivity contribution >= 4 is 35.0 Å². The van der Waals surface area contributed by atoms with Gasteiger partial charge in [-0.1, -0.05) is 71.7 Å². The summed E-state index contributed by atoms with van der Waals surface area (Å²) in [5.74, 6) is 1.30. The van der Waals surface area contributed by atoms with Crippen LogP contribution in [0.1, 0.15) is 16.7 Å². The van der Waals surface area contributed by atoms with E-state index in [0.29, 0.717) is 33.7 Å². The molecular weight excluding hydrogens is 501 g/mol. The summed E-state index contributed by atoms with van der Waals surface area (Å²) in [5, 5.41) is 27.8. The lowest BCUT2D eigenvalue weighted by molar-refractivity contribution is 0.652. The first-order valence-electron chi connectivity index (χ1n) is 10.6. The van der Waals surface area contributed by atoms with Crippen molar-refractivity contribution < 1.29 is 0 Å². The Morgan fingerprint density at radius 1 is 0.914 bits per heavy atom. The highest BCUT2D eigenvalue weighted by Crippen LogP contribution is 2.37. The number of thioether (sulfide) groups is 1. The number of aromatic nitrogens is 6. The van der Waals surface area contributed by atoms with Gasteiger partial charge >= 0.3 is 0 Å². The zero-order valence-corrected chi connectivity index (χ0v) is 20.5. The van der Waals surface area contributed by atoms with Crippen LogP contribution in [0, 0.1) is 11.3 Å². The lowest BCUT2D eigenvalue weighted by Crippen LogP contribution is -2.05. The van der Waals surface area contributed by atoms with Gasteiger partial charge in [0.15, 0.2) is 5.82 Å². The Labute approximate surface area is 215 Å². The number of nitriles is 1. The van der Waals surface area contributed by atoms with Crippen LogP contribution >= 0.6 is 35.0 Å². The van der Waals surface area contributed by atoms with E-state index in [1.54, 1.807) is 45.5 Å². The Morgan fingerprint density at radius 3 is 2.49 bits per heavy atom. The molecule has 0 saturated heterocycles. The maximum Gasteiger partial charge on any atom is 0.186 e. The highest BCUT2D eigenvalue weighted by molar-refractivity contribution is 7.98. The lowest BCUT2D eigenvalue weighted by atomic mass is 10.1. The van der Waals surface area contributed by atoms with Crippen LogP contribution < -0.4 is 0 Å². The quantitative estimate of drug-likeness (QED) is 0.244. The van der Waals surface area contributed by atoms with E-state index < -0.39 is 0 Å². The first-order valence-corrected chi connectivity index (χ1v) is 12.3. The smallest absolute Gasteiger partial charge is 0.186 e. The Hall–Kier alpha value is -3.64. The second-order valence-electron chi connectivity index (χ2n) is 7.59. The minimum absolute atomic E-state index is 0.419.